The van der Waals surface area contributed by atoms with Crippen LogP contribution in [0.5, 0.6) is 0 Å². The summed E-state index contributed by atoms with van der Waals surface area (Å²) in [6.45, 7) is 3.18. The third-order valence-corrected chi connectivity index (χ3v) is 1.71. The van der Waals surface area contributed by atoms with Gasteiger partial charge >= 0.3 is 0 Å². The zero-order valence-electron chi connectivity index (χ0n) is 8.44. The third kappa shape index (κ3) is 3.43. The van der Waals surface area contributed by atoms with Gasteiger partial charge in [-0.2, -0.15) is 0 Å². The van der Waals surface area contributed by atoms with Crippen LogP contribution in [0, 0.1) is 17.5 Å². The monoisotopic (exact) mass is 219 g/mol. The van der Waals surface area contributed by atoms with Crippen LogP contribution >= 0.6 is 0 Å². The van der Waals surface area contributed by atoms with E-state index in [0.29, 0.717) is 0 Å². The molecule has 0 unspecified atom stereocenters. The molecule has 5 heteroatoms. The van der Waals surface area contributed by atoms with Crippen LogP contribution in [0.1, 0.15) is 13.8 Å². The Hall–Kier alpha value is -1.23. The van der Waals surface area contributed by atoms with Crippen molar-refractivity contribution in [3.63, 3.8) is 0 Å². The van der Waals surface area contributed by atoms with Crippen molar-refractivity contribution >= 4 is 5.69 Å². The first kappa shape index (κ1) is 11.8. The quantitative estimate of drug-likeness (QED) is 0.764. The molecular formula is C10H12F3NO. The van der Waals surface area contributed by atoms with Crippen LogP contribution in [-0.2, 0) is 0 Å². The minimum atomic E-state index is -1.50. The second-order valence-electron chi connectivity index (χ2n) is 3.92. The molecule has 1 rings (SSSR count). The number of benzene rings is 1. The van der Waals surface area contributed by atoms with Gasteiger partial charge in [0.2, 0.25) is 0 Å². The summed E-state index contributed by atoms with van der Waals surface area (Å²) in [6.07, 6.45) is 0. The van der Waals surface area contributed by atoms with Crippen molar-refractivity contribution in [1.82, 2.24) is 0 Å². The van der Waals surface area contributed by atoms with Gasteiger partial charge in [-0.25, -0.2) is 13.2 Å². The lowest BCUT2D eigenvalue weighted by Gasteiger charge is -2.18. The van der Waals surface area contributed by atoms with E-state index in [0.717, 1.165) is 12.1 Å². The predicted molar refractivity (Wildman–Crippen MR) is 51.1 cm³/mol. The minimum absolute atomic E-state index is 0.0912. The van der Waals surface area contributed by atoms with Gasteiger partial charge in [0.15, 0.2) is 17.5 Å². The van der Waals surface area contributed by atoms with Gasteiger partial charge < -0.3 is 10.4 Å². The summed E-state index contributed by atoms with van der Waals surface area (Å²) in [6, 6.07) is 1.67. The molecule has 0 fully saturated rings. The molecule has 0 amide bonds. The van der Waals surface area contributed by atoms with Gasteiger partial charge in [0.1, 0.15) is 0 Å². The Morgan fingerprint density at radius 2 is 1.67 bits per heavy atom. The molecule has 0 saturated heterocycles. The van der Waals surface area contributed by atoms with Crippen LogP contribution in [0.4, 0.5) is 18.9 Å². The van der Waals surface area contributed by atoms with E-state index in [4.69, 9.17) is 0 Å². The highest BCUT2D eigenvalue weighted by molar-refractivity contribution is 5.44. The largest absolute Gasteiger partial charge is 0.389 e. The predicted octanol–water partition coefficient (Wildman–Crippen LogP) is 2.29. The highest BCUT2D eigenvalue weighted by Gasteiger charge is 2.14. The van der Waals surface area contributed by atoms with Crippen LogP contribution in [-0.4, -0.2) is 17.3 Å². The van der Waals surface area contributed by atoms with Gasteiger partial charge in [-0.05, 0) is 13.8 Å². The molecule has 0 spiro atoms. The first-order valence-corrected chi connectivity index (χ1v) is 4.40. The fourth-order valence-corrected chi connectivity index (χ4v) is 0.976. The first-order chi connectivity index (χ1) is 6.79. The van der Waals surface area contributed by atoms with Crippen molar-refractivity contribution < 1.29 is 18.3 Å². The normalized spacial score (nSPS) is 11.6. The fraction of sp³-hybridized carbons (Fsp3) is 0.400. The second-order valence-corrected chi connectivity index (χ2v) is 3.92. The van der Waals surface area contributed by atoms with Crippen LogP contribution in [0.3, 0.4) is 0 Å². The zero-order chi connectivity index (χ0) is 11.6. The average Bonchev–Trinajstić information content (AvgIpc) is 2.09. The van der Waals surface area contributed by atoms with E-state index in [9.17, 15) is 18.3 Å². The zero-order valence-corrected chi connectivity index (χ0v) is 8.44. The highest BCUT2D eigenvalue weighted by atomic mass is 19.2. The molecule has 0 atom stereocenters. The number of hydrogen-bond acceptors (Lipinski definition) is 2. The Morgan fingerprint density at radius 1 is 1.20 bits per heavy atom. The SMILES string of the molecule is CC(C)(O)CNc1cc(F)c(F)c(F)c1. The maximum Gasteiger partial charge on any atom is 0.194 e. The van der Waals surface area contributed by atoms with E-state index in [1.165, 1.54) is 13.8 Å². The molecule has 2 N–H and O–H groups in total. The van der Waals surface area contributed by atoms with Gasteiger partial charge in [-0.15, -0.1) is 0 Å². The number of rotatable bonds is 3. The Balaban J connectivity index is 2.80. The summed E-state index contributed by atoms with van der Waals surface area (Å²) in [5.41, 5.74) is -0.921. The molecule has 0 aromatic heterocycles. The van der Waals surface area contributed by atoms with Crippen LogP contribution in [0.15, 0.2) is 12.1 Å². The second kappa shape index (κ2) is 4.10. The molecule has 0 heterocycles. The maximum atomic E-state index is 12.7. The number of anilines is 1. The summed E-state index contributed by atoms with van der Waals surface area (Å²) in [4.78, 5) is 0. The molecule has 0 aliphatic rings. The molecule has 1 aromatic rings. The third-order valence-electron chi connectivity index (χ3n) is 1.71. The lowest BCUT2D eigenvalue weighted by molar-refractivity contribution is 0.0945. The molecule has 0 saturated carbocycles. The number of halogens is 3. The van der Waals surface area contributed by atoms with E-state index in [2.05, 4.69) is 5.32 Å². The van der Waals surface area contributed by atoms with Crippen molar-refractivity contribution in [3.8, 4) is 0 Å². The Labute approximate surface area is 85.7 Å². The summed E-state index contributed by atoms with van der Waals surface area (Å²) >= 11 is 0. The van der Waals surface area contributed by atoms with E-state index >= 15 is 0 Å². The van der Waals surface area contributed by atoms with Gasteiger partial charge in [-0.1, -0.05) is 0 Å². The topological polar surface area (TPSA) is 32.3 Å². The molecule has 0 radical (unpaired) electrons. The number of hydrogen-bond donors (Lipinski definition) is 2. The molecule has 84 valence electrons. The molecule has 15 heavy (non-hydrogen) atoms. The van der Waals surface area contributed by atoms with Crippen LogP contribution in [0.2, 0.25) is 0 Å². The van der Waals surface area contributed by atoms with Gasteiger partial charge in [-0.3, -0.25) is 0 Å². The molecule has 1 aromatic carbocycles. The number of aliphatic hydroxyl groups is 1. The van der Waals surface area contributed by atoms with Crippen molar-refractivity contribution in [2.24, 2.45) is 0 Å². The van der Waals surface area contributed by atoms with Gasteiger partial charge in [0.05, 0.1) is 5.60 Å². The van der Waals surface area contributed by atoms with E-state index in [1.54, 1.807) is 0 Å². The summed E-state index contributed by atoms with van der Waals surface area (Å²) in [5.74, 6) is -4.01. The Bertz CT molecular complexity index is 337. The maximum absolute atomic E-state index is 12.7. The summed E-state index contributed by atoms with van der Waals surface area (Å²) < 4.78 is 38.0. The van der Waals surface area contributed by atoms with Crippen molar-refractivity contribution in [2.75, 3.05) is 11.9 Å². The first-order valence-electron chi connectivity index (χ1n) is 4.40. The molecule has 0 aliphatic carbocycles. The van der Waals surface area contributed by atoms with Crippen molar-refractivity contribution in [3.05, 3.63) is 29.6 Å². The van der Waals surface area contributed by atoms with E-state index < -0.39 is 23.1 Å². The summed E-state index contributed by atoms with van der Waals surface area (Å²) in [7, 11) is 0. The van der Waals surface area contributed by atoms with Gasteiger partial charge in [0, 0.05) is 24.4 Å². The van der Waals surface area contributed by atoms with Crippen LogP contribution < -0.4 is 5.32 Å². The highest BCUT2D eigenvalue weighted by Crippen LogP contribution is 2.17. The lowest BCUT2D eigenvalue weighted by Crippen LogP contribution is -2.29. The standard InChI is InChI=1S/C10H12F3NO/c1-10(2,15)5-14-6-3-7(11)9(13)8(12)4-6/h3-4,14-15H,5H2,1-2H3. The molecule has 0 aliphatic heterocycles. The lowest BCUT2D eigenvalue weighted by atomic mass is 10.1. The van der Waals surface area contributed by atoms with E-state index in [1.807, 2.05) is 0 Å². The minimum Gasteiger partial charge on any atom is -0.389 e. The fourth-order valence-electron chi connectivity index (χ4n) is 0.976. The number of nitrogens with one attached hydrogen (secondary N) is 1. The Kier molecular flexibility index (Phi) is 3.24. The molecule has 2 nitrogen and oxygen atoms in total. The summed E-state index contributed by atoms with van der Waals surface area (Å²) in [5, 5.41) is 11.9. The van der Waals surface area contributed by atoms with Crippen molar-refractivity contribution in [1.29, 1.82) is 0 Å². The average molecular weight is 219 g/mol. The van der Waals surface area contributed by atoms with Crippen molar-refractivity contribution in [2.45, 2.75) is 19.4 Å². The molecular weight excluding hydrogens is 207 g/mol. The molecule has 0 bridgehead atoms. The van der Waals surface area contributed by atoms with Crippen LogP contribution in [0.25, 0.3) is 0 Å². The Morgan fingerprint density at radius 3 is 2.07 bits per heavy atom. The smallest absolute Gasteiger partial charge is 0.194 e. The van der Waals surface area contributed by atoms with Gasteiger partial charge in [0.25, 0.3) is 0 Å². The van der Waals surface area contributed by atoms with E-state index in [-0.39, 0.29) is 12.2 Å².